The summed E-state index contributed by atoms with van der Waals surface area (Å²) in [5.41, 5.74) is 1.37. The molecule has 4 fully saturated rings. The molecule has 6 rings (SSSR count). The van der Waals surface area contributed by atoms with E-state index >= 15 is 0 Å². The molecule has 5 aliphatic rings. The number of hydrogen-bond donors (Lipinski definition) is 3. The zero-order valence-corrected chi connectivity index (χ0v) is 33.7. The van der Waals surface area contributed by atoms with Crippen LogP contribution in [0.4, 0.5) is 0 Å². The van der Waals surface area contributed by atoms with Crippen LogP contribution < -0.4 is 5.32 Å². The number of aliphatic hydroxyl groups is 1. The topological polar surface area (TPSA) is 126 Å². The van der Waals surface area contributed by atoms with Gasteiger partial charge in [0.25, 0.3) is 0 Å². The van der Waals surface area contributed by atoms with Gasteiger partial charge in [-0.25, -0.2) is 0 Å². The molecule has 1 heterocycles. The molecule has 0 radical (unpaired) electrons. The van der Waals surface area contributed by atoms with Gasteiger partial charge in [-0.05, 0) is 130 Å². The summed E-state index contributed by atoms with van der Waals surface area (Å²) in [6.45, 7) is 19.5. The smallest absolute Gasteiger partial charge is 0.309 e. The van der Waals surface area contributed by atoms with Crippen LogP contribution in [0.3, 0.4) is 0 Å². The molecule has 10 atom stereocenters. The zero-order chi connectivity index (χ0) is 38.2. The average Bonchev–Trinajstić information content (AvgIpc) is 3.38. The second-order valence-electron chi connectivity index (χ2n) is 19.5. The van der Waals surface area contributed by atoms with Crippen molar-refractivity contribution in [1.29, 1.82) is 0 Å². The number of rotatable bonds is 10. The molecule has 3 N–H and O–H groups in total. The molecule has 0 amide bonds. The maximum Gasteiger partial charge on any atom is 0.309 e. The fraction of sp³-hybridized carbons (Fsp3) is 0.767. The van der Waals surface area contributed by atoms with E-state index in [0.29, 0.717) is 35.7 Å². The Morgan fingerprint density at radius 3 is 2.33 bits per heavy atom. The van der Waals surface area contributed by atoms with Crippen LogP contribution in [0.1, 0.15) is 138 Å². The number of allylic oxidation sites excluding steroid dienone is 1. The largest absolute Gasteiger partial charge is 0.481 e. The number of carboxylic acid groups (broad SMARTS) is 1. The number of esters is 1. The zero-order valence-electron chi connectivity index (χ0n) is 33.0. The molecule has 5 aliphatic carbocycles. The van der Waals surface area contributed by atoms with Gasteiger partial charge in [0, 0.05) is 36.0 Å². The number of ether oxygens (including phenoxy) is 1. The van der Waals surface area contributed by atoms with E-state index < -0.39 is 28.9 Å². The van der Waals surface area contributed by atoms with E-state index in [4.69, 9.17) is 16.3 Å². The number of aromatic nitrogens is 1. The van der Waals surface area contributed by atoms with Crippen molar-refractivity contribution < 1.29 is 29.3 Å². The Kier molecular flexibility index (Phi) is 10.4. The summed E-state index contributed by atoms with van der Waals surface area (Å²) in [4.78, 5) is 43.2. The molecule has 1 aromatic rings. The van der Waals surface area contributed by atoms with Crippen molar-refractivity contribution in [3.63, 3.8) is 0 Å². The van der Waals surface area contributed by atoms with Crippen LogP contribution in [0, 0.1) is 56.7 Å². The third-order valence-corrected chi connectivity index (χ3v) is 15.7. The second-order valence-corrected chi connectivity index (χ2v) is 19.9. The molecule has 52 heavy (non-hydrogen) atoms. The fourth-order valence-corrected chi connectivity index (χ4v) is 12.9. The first kappa shape index (κ1) is 39.4. The summed E-state index contributed by atoms with van der Waals surface area (Å²) in [7, 11) is 0. The number of pyridine rings is 1. The number of aliphatic carboxylic acids is 1. The minimum Gasteiger partial charge on any atom is -0.481 e. The summed E-state index contributed by atoms with van der Waals surface area (Å²) >= 11 is 6.08. The van der Waals surface area contributed by atoms with E-state index in [1.165, 1.54) is 5.57 Å². The van der Waals surface area contributed by atoms with Crippen LogP contribution in [-0.2, 0) is 19.1 Å². The number of ketones is 1. The molecule has 0 aromatic carbocycles. The Bertz CT molecular complexity index is 1600. The standard InChI is InChI=1S/C43H63ClN2O6/c1-24(2)36-30(47)20-43(33(48)23-45-25(3)29-12-10-26(44)22-46-29)19-14-28-27(37(36)43)11-13-32-41(28,8)17-15-31-40(6,7)34(16-18-42(31,32)9)52-35(49)21-39(4,5)38(50)51/h10,12,22,24-25,27-28,31-34,45,48H,11,13-21,23H2,1-9H3,(H,50,51)/t25?,27?,28?,31?,32?,33-,34?,41?,42?,43?/m0/s1. The number of fused-ring (bicyclic) bond motifs is 7. The molecule has 4 saturated carbocycles. The molecular weight excluding hydrogens is 676 g/mol. The highest BCUT2D eigenvalue weighted by molar-refractivity contribution is 6.30. The molecule has 0 spiro atoms. The van der Waals surface area contributed by atoms with Gasteiger partial charge in [-0.15, -0.1) is 0 Å². The quantitative estimate of drug-likeness (QED) is 0.204. The van der Waals surface area contributed by atoms with Crippen LogP contribution in [0.25, 0.3) is 0 Å². The van der Waals surface area contributed by atoms with Gasteiger partial charge in [-0.3, -0.25) is 19.4 Å². The Labute approximate surface area is 316 Å². The van der Waals surface area contributed by atoms with Gasteiger partial charge in [0.2, 0.25) is 0 Å². The predicted molar refractivity (Wildman–Crippen MR) is 202 cm³/mol. The number of nitrogens with one attached hydrogen (secondary N) is 1. The number of carbonyl (C=O) groups is 3. The Balaban J connectivity index is 1.23. The van der Waals surface area contributed by atoms with E-state index in [1.54, 1.807) is 20.0 Å². The van der Waals surface area contributed by atoms with Gasteiger partial charge in [0.05, 0.1) is 28.7 Å². The summed E-state index contributed by atoms with van der Waals surface area (Å²) < 4.78 is 6.15. The van der Waals surface area contributed by atoms with Crippen LogP contribution in [0.2, 0.25) is 5.02 Å². The SMILES string of the molecule is CC(C)C1=C2C3CCC4C(C)(CCC5C(C)(C)C(OC(=O)CC(C)(C)C(=O)O)CCC54C)C3CCC2([C@@H](O)CNC(C)c2ccc(Cl)cn2)CC1=O. The molecule has 8 nitrogen and oxygen atoms in total. The summed E-state index contributed by atoms with van der Waals surface area (Å²) in [6.07, 6.45) is 8.84. The van der Waals surface area contributed by atoms with Crippen molar-refractivity contribution in [3.8, 4) is 0 Å². The first-order valence-corrected chi connectivity index (χ1v) is 20.3. The third kappa shape index (κ3) is 6.38. The molecule has 9 unspecified atom stereocenters. The minimum atomic E-state index is -1.16. The van der Waals surface area contributed by atoms with Crippen molar-refractivity contribution in [2.45, 2.75) is 145 Å². The number of nitrogens with zero attached hydrogens (tertiary/aromatic N) is 1. The van der Waals surface area contributed by atoms with Crippen molar-refractivity contribution in [2.75, 3.05) is 6.54 Å². The van der Waals surface area contributed by atoms with E-state index in [0.717, 1.165) is 62.6 Å². The summed E-state index contributed by atoms with van der Waals surface area (Å²) in [5.74, 6) is 0.532. The van der Waals surface area contributed by atoms with Crippen LogP contribution >= 0.6 is 11.6 Å². The Morgan fingerprint density at radius 1 is 1.00 bits per heavy atom. The third-order valence-electron chi connectivity index (χ3n) is 15.5. The summed E-state index contributed by atoms with van der Waals surface area (Å²) in [5, 5.41) is 25.9. The lowest BCUT2D eigenvalue weighted by atomic mass is 9.36. The molecule has 0 bridgehead atoms. The van der Waals surface area contributed by atoms with Crippen LogP contribution in [0.15, 0.2) is 29.5 Å². The first-order valence-electron chi connectivity index (χ1n) is 19.9. The van der Waals surface area contributed by atoms with Crippen molar-refractivity contribution in [1.82, 2.24) is 10.3 Å². The summed E-state index contributed by atoms with van der Waals surface area (Å²) in [6, 6.07) is 3.68. The van der Waals surface area contributed by atoms with Gasteiger partial charge < -0.3 is 20.3 Å². The molecule has 288 valence electrons. The van der Waals surface area contributed by atoms with E-state index in [-0.39, 0.29) is 52.4 Å². The van der Waals surface area contributed by atoms with Crippen molar-refractivity contribution in [2.24, 2.45) is 56.7 Å². The highest BCUT2D eigenvalue weighted by Crippen LogP contribution is 2.73. The average molecular weight is 739 g/mol. The number of carboxylic acids is 1. The van der Waals surface area contributed by atoms with E-state index in [1.807, 2.05) is 19.1 Å². The van der Waals surface area contributed by atoms with Gasteiger partial charge in [-0.1, -0.05) is 58.7 Å². The number of aliphatic hydroxyl groups excluding tert-OH is 1. The lowest BCUT2D eigenvalue weighted by molar-refractivity contribution is -0.214. The molecule has 0 aliphatic heterocycles. The Morgan fingerprint density at radius 2 is 1.69 bits per heavy atom. The monoisotopic (exact) mass is 738 g/mol. The van der Waals surface area contributed by atoms with Crippen molar-refractivity contribution in [3.05, 3.63) is 40.2 Å². The number of hydrogen-bond acceptors (Lipinski definition) is 7. The molecule has 0 saturated heterocycles. The highest BCUT2D eigenvalue weighted by atomic mass is 35.5. The maximum atomic E-state index is 14.0. The van der Waals surface area contributed by atoms with Gasteiger partial charge in [0.15, 0.2) is 5.78 Å². The minimum absolute atomic E-state index is 0.0708. The fourth-order valence-electron chi connectivity index (χ4n) is 12.8. The molecular formula is C43H63ClN2O6. The van der Waals surface area contributed by atoms with Crippen LogP contribution in [-0.4, -0.2) is 51.7 Å². The second kappa shape index (κ2) is 13.8. The highest BCUT2D eigenvalue weighted by Gasteiger charge is 2.67. The van der Waals surface area contributed by atoms with Gasteiger partial charge in [0.1, 0.15) is 6.10 Å². The maximum absolute atomic E-state index is 14.0. The van der Waals surface area contributed by atoms with E-state index in [9.17, 15) is 24.6 Å². The normalized spacial score (nSPS) is 36.7. The lowest BCUT2D eigenvalue weighted by Gasteiger charge is -2.69. The number of Topliss-reactive ketones (excluding diaryl/α,β-unsaturated/α-hetero) is 1. The van der Waals surface area contributed by atoms with Gasteiger partial charge >= 0.3 is 11.9 Å². The molecule has 9 heteroatoms. The Hall–Kier alpha value is -2.29. The van der Waals surface area contributed by atoms with E-state index in [2.05, 4.69) is 51.8 Å². The van der Waals surface area contributed by atoms with Crippen LogP contribution in [0.5, 0.6) is 0 Å². The predicted octanol–water partition coefficient (Wildman–Crippen LogP) is 8.75. The molecule has 1 aromatic heterocycles. The first-order chi connectivity index (χ1) is 24.2. The van der Waals surface area contributed by atoms with Crippen molar-refractivity contribution >= 4 is 29.3 Å². The number of carbonyl (C=O) groups excluding carboxylic acids is 2. The lowest BCUT2D eigenvalue weighted by Crippen LogP contribution is -2.63. The number of halogens is 1. The van der Waals surface area contributed by atoms with Gasteiger partial charge in [-0.2, -0.15) is 0 Å².